The highest BCUT2D eigenvalue weighted by Crippen LogP contribution is 2.25. The number of ether oxygens (including phenoxy) is 1. The Kier molecular flexibility index (Phi) is 4.64. The lowest BCUT2D eigenvalue weighted by Crippen LogP contribution is -2.13. The quantitative estimate of drug-likeness (QED) is 0.911. The average Bonchev–Trinajstić information content (AvgIpc) is 2.44. The van der Waals surface area contributed by atoms with Gasteiger partial charge >= 0.3 is 0 Å². The molecule has 0 fully saturated rings. The zero-order chi connectivity index (χ0) is 14.5. The number of amides is 1. The minimum Gasteiger partial charge on any atom is -0.492 e. The lowest BCUT2D eigenvalue weighted by molar-refractivity contribution is 0.102. The van der Waals surface area contributed by atoms with Crippen LogP contribution < -0.4 is 10.1 Å². The Balaban J connectivity index is 2.21. The maximum Gasteiger partial charge on any atom is 0.255 e. The second kappa shape index (κ2) is 6.44. The number of carbonyl (C=O) groups excluding carboxylic acids is 1. The Labute approximate surface area is 123 Å². The molecule has 0 spiro atoms. The third kappa shape index (κ3) is 3.31. The third-order valence-electron chi connectivity index (χ3n) is 2.87. The molecule has 0 saturated carbocycles. The van der Waals surface area contributed by atoms with Gasteiger partial charge in [0.15, 0.2) is 0 Å². The zero-order valence-electron chi connectivity index (χ0n) is 11.4. The van der Waals surface area contributed by atoms with Gasteiger partial charge in [-0.2, -0.15) is 0 Å². The molecule has 2 aromatic carbocycles. The molecule has 1 amide bonds. The van der Waals surface area contributed by atoms with E-state index in [0.717, 1.165) is 5.56 Å². The van der Waals surface area contributed by atoms with Crippen molar-refractivity contribution in [1.29, 1.82) is 0 Å². The average molecular weight is 290 g/mol. The summed E-state index contributed by atoms with van der Waals surface area (Å²) in [6, 6.07) is 12.6. The SMILES string of the molecule is CCOc1ccccc1NC(=O)c1ccc(C)c(Cl)c1. The number of anilines is 1. The summed E-state index contributed by atoms with van der Waals surface area (Å²) in [5.41, 5.74) is 2.11. The van der Waals surface area contributed by atoms with E-state index in [0.29, 0.717) is 28.6 Å². The summed E-state index contributed by atoms with van der Waals surface area (Å²) < 4.78 is 5.48. The molecule has 0 aromatic heterocycles. The predicted molar refractivity (Wildman–Crippen MR) is 81.8 cm³/mol. The molecule has 2 aromatic rings. The number of rotatable bonds is 4. The third-order valence-corrected chi connectivity index (χ3v) is 3.28. The molecule has 4 heteroatoms. The summed E-state index contributed by atoms with van der Waals surface area (Å²) in [6.45, 7) is 4.34. The molecule has 0 aliphatic carbocycles. The molecule has 104 valence electrons. The number of benzene rings is 2. The summed E-state index contributed by atoms with van der Waals surface area (Å²) in [7, 11) is 0. The molecule has 0 heterocycles. The van der Waals surface area contributed by atoms with E-state index >= 15 is 0 Å². The number of carbonyl (C=O) groups is 1. The summed E-state index contributed by atoms with van der Waals surface area (Å²) in [5.74, 6) is 0.445. The van der Waals surface area contributed by atoms with E-state index in [1.54, 1.807) is 18.2 Å². The minimum atomic E-state index is -0.209. The van der Waals surface area contributed by atoms with Crippen LogP contribution in [0.3, 0.4) is 0 Å². The second-order valence-corrected chi connectivity index (χ2v) is 4.75. The fraction of sp³-hybridized carbons (Fsp3) is 0.188. The Hall–Kier alpha value is -2.00. The first kappa shape index (κ1) is 14.4. The van der Waals surface area contributed by atoms with Gasteiger partial charge in [-0.1, -0.05) is 29.8 Å². The largest absolute Gasteiger partial charge is 0.492 e. The predicted octanol–water partition coefficient (Wildman–Crippen LogP) is 4.30. The minimum absolute atomic E-state index is 0.209. The molecule has 0 aliphatic rings. The summed E-state index contributed by atoms with van der Waals surface area (Å²) >= 11 is 6.04. The first-order chi connectivity index (χ1) is 9.61. The van der Waals surface area contributed by atoms with E-state index in [9.17, 15) is 4.79 Å². The molecular weight excluding hydrogens is 274 g/mol. The van der Waals surface area contributed by atoms with Gasteiger partial charge in [0.1, 0.15) is 5.75 Å². The van der Waals surface area contributed by atoms with Crippen LogP contribution >= 0.6 is 11.6 Å². The first-order valence-corrected chi connectivity index (χ1v) is 6.79. The molecule has 0 atom stereocenters. The fourth-order valence-corrected chi connectivity index (χ4v) is 1.96. The Morgan fingerprint density at radius 2 is 2.00 bits per heavy atom. The maximum absolute atomic E-state index is 12.2. The highest BCUT2D eigenvalue weighted by molar-refractivity contribution is 6.31. The van der Waals surface area contributed by atoms with Gasteiger partial charge in [0.2, 0.25) is 0 Å². The van der Waals surface area contributed by atoms with Crippen molar-refractivity contribution < 1.29 is 9.53 Å². The lowest BCUT2D eigenvalue weighted by atomic mass is 10.1. The maximum atomic E-state index is 12.2. The van der Waals surface area contributed by atoms with Crippen molar-refractivity contribution >= 4 is 23.2 Å². The van der Waals surface area contributed by atoms with Crippen LogP contribution in [0.2, 0.25) is 5.02 Å². The number of halogens is 1. The summed E-state index contributed by atoms with van der Waals surface area (Å²) in [6.07, 6.45) is 0. The number of nitrogens with one attached hydrogen (secondary N) is 1. The highest BCUT2D eigenvalue weighted by atomic mass is 35.5. The smallest absolute Gasteiger partial charge is 0.255 e. The van der Waals surface area contributed by atoms with Gasteiger partial charge in [-0.15, -0.1) is 0 Å². The molecule has 3 nitrogen and oxygen atoms in total. The van der Waals surface area contributed by atoms with Crippen LogP contribution in [-0.4, -0.2) is 12.5 Å². The van der Waals surface area contributed by atoms with Crippen molar-refractivity contribution in [3.05, 3.63) is 58.6 Å². The van der Waals surface area contributed by atoms with Crippen LogP contribution in [0.4, 0.5) is 5.69 Å². The van der Waals surface area contributed by atoms with Crippen molar-refractivity contribution in [3.63, 3.8) is 0 Å². The van der Waals surface area contributed by atoms with Crippen molar-refractivity contribution in [3.8, 4) is 5.75 Å². The number of hydrogen-bond donors (Lipinski definition) is 1. The van der Waals surface area contributed by atoms with Crippen molar-refractivity contribution in [2.45, 2.75) is 13.8 Å². The summed E-state index contributed by atoms with van der Waals surface area (Å²) in [4.78, 5) is 12.2. The molecule has 2 rings (SSSR count). The van der Waals surface area contributed by atoms with E-state index in [2.05, 4.69) is 5.32 Å². The van der Waals surface area contributed by atoms with Crippen LogP contribution in [0.1, 0.15) is 22.8 Å². The van der Waals surface area contributed by atoms with Gasteiger partial charge in [-0.3, -0.25) is 4.79 Å². The van der Waals surface area contributed by atoms with Crippen LogP contribution in [0.25, 0.3) is 0 Å². The molecule has 0 aliphatic heterocycles. The van der Waals surface area contributed by atoms with Gasteiger partial charge in [0, 0.05) is 10.6 Å². The van der Waals surface area contributed by atoms with Crippen LogP contribution in [0.15, 0.2) is 42.5 Å². The van der Waals surface area contributed by atoms with Gasteiger partial charge in [-0.05, 0) is 43.7 Å². The molecule has 20 heavy (non-hydrogen) atoms. The van der Waals surface area contributed by atoms with Gasteiger partial charge in [-0.25, -0.2) is 0 Å². The van der Waals surface area contributed by atoms with E-state index in [4.69, 9.17) is 16.3 Å². The molecular formula is C16H16ClNO2. The number of para-hydroxylation sites is 2. The fourth-order valence-electron chi connectivity index (χ4n) is 1.78. The van der Waals surface area contributed by atoms with Crippen molar-refractivity contribution in [2.75, 3.05) is 11.9 Å². The highest BCUT2D eigenvalue weighted by Gasteiger charge is 2.10. The Morgan fingerprint density at radius 3 is 2.70 bits per heavy atom. The van der Waals surface area contributed by atoms with E-state index in [-0.39, 0.29) is 5.91 Å². The normalized spacial score (nSPS) is 10.2. The van der Waals surface area contributed by atoms with E-state index in [1.807, 2.05) is 38.1 Å². The Morgan fingerprint density at radius 1 is 1.25 bits per heavy atom. The first-order valence-electron chi connectivity index (χ1n) is 6.41. The lowest BCUT2D eigenvalue weighted by Gasteiger charge is -2.11. The van der Waals surface area contributed by atoms with E-state index < -0.39 is 0 Å². The molecule has 0 unspecified atom stereocenters. The summed E-state index contributed by atoms with van der Waals surface area (Å²) in [5, 5.41) is 3.42. The number of hydrogen-bond acceptors (Lipinski definition) is 2. The monoisotopic (exact) mass is 289 g/mol. The molecule has 0 bridgehead atoms. The van der Waals surface area contributed by atoms with E-state index in [1.165, 1.54) is 0 Å². The molecule has 0 saturated heterocycles. The van der Waals surface area contributed by atoms with Gasteiger partial charge < -0.3 is 10.1 Å². The number of aryl methyl sites for hydroxylation is 1. The van der Waals surface area contributed by atoms with Gasteiger partial charge in [0.25, 0.3) is 5.91 Å². The molecule has 0 radical (unpaired) electrons. The van der Waals surface area contributed by atoms with Gasteiger partial charge in [0.05, 0.1) is 12.3 Å². The van der Waals surface area contributed by atoms with Crippen LogP contribution in [0, 0.1) is 6.92 Å². The van der Waals surface area contributed by atoms with Crippen LogP contribution in [-0.2, 0) is 0 Å². The molecule has 1 N–H and O–H groups in total. The topological polar surface area (TPSA) is 38.3 Å². The standard InChI is InChI=1S/C16H16ClNO2/c1-3-20-15-7-5-4-6-14(15)18-16(19)12-9-8-11(2)13(17)10-12/h4-10H,3H2,1-2H3,(H,18,19). The second-order valence-electron chi connectivity index (χ2n) is 4.35. The Bertz CT molecular complexity index is 626. The van der Waals surface area contributed by atoms with Crippen molar-refractivity contribution in [1.82, 2.24) is 0 Å². The van der Waals surface area contributed by atoms with Crippen molar-refractivity contribution in [2.24, 2.45) is 0 Å². The van der Waals surface area contributed by atoms with Crippen LogP contribution in [0.5, 0.6) is 5.75 Å². The zero-order valence-corrected chi connectivity index (χ0v) is 12.2.